The topological polar surface area (TPSA) is 82.8 Å². The van der Waals surface area contributed by atoms with E-state index in [1.165, 1.54) is 4.90 Å². The lowest BCUT2D eigenvalue weighted by Crippen LogP contribution is -2.57. The van der Waals surface area contributed by atoms with Crippen molar-refractivity contribution < 1.29 is 19.1 Å². The smallest absolute Gasteiger partial charge is 0.258 e. The first kappa shape index (κ1) is 14.6. The van der Waals surface area contributed by atoms with Gasteiger partial charge in [0.05, 0.1) is 5.56 Å². The minimum Gasteiger partial charge on any atom is -0.461 e. The van der Waals surface area contributed by atoms with Crippen LogP contribution in [0.4, 0.5) is 0 Å². The van der Waals surface area contributed by atoms with Gasteiger partial charge in [0, 0.05) is 25.1 Å². The van der Waals surface area contributed by atoms with Crippen LogP contribution in [0.1, 0.15) is 22.5 Å². The number of fused-ring (bicyclic) bond motifs is 1. The Labute approximate surface area is 127 Å². The molecule has 1 aromatic carbocycles. The average Bonchev–Trinajstić information content (AvgIpc) is 2.88. The third-order valence-corrected chi connectivity index (χ3v) is 3.89. The molecular formula is C16H18N2O4. The van der Waals surface area contributed by atoms with E-state index in [9.17, 15) is 9.59 Å². The van der Waals surface area contributed by atoms with Crippen molar-refractivity contribution in [3.63, 3.8) is 0 Å². The monoisotopic (exact) mass is 302 g/mol. The molecule has 1 fully saturated rings. The third-order valence-electron chi connectivity index (χ3n) is 3.89. The lowest BCUT2D eigenvalue weighted by atomic mass is 10.1. The summed E-state index contributed by atoms with van der Waals surface area (Å²) in [6.07, 6.45) is 0.227. The number of amides is 2. The lowest BCUT2D eigenvalue weighted by molar-refractivity contribution is -0.128. The van der Waals surface area contributed by atoms with Gasteiger partial charge in [-0.25, -0.2) is 0 Å². The molecule has 0 bridgehead atoms. The van der Waals surface area contributed by atoms with Gasteiger partial charge in [0.15, 0.2) is 0 Å². The van der Waals surface area contributed by atoms with Crippen molar-refractivity contribution in [2.75, 3.05) is 19.7 Å². The summed E-state index contributed by atoms with van der Waals surface area (Å²) >= 11 is 0. The van der Waals surface area contributed by atoms with E-state index in [1.54, 1.807) is 12.1 Å². The number of hydrogen-bond acceptors (Lipinski definition) is 4. The molecule has 1 aliphatic rings. The van der Waals surface area contributed by atoms with Gasteiger partial charge in [0.1, 0.15) is 17.4 Å². The number of piperazine rings is 1. The summed E-state index contributed by atoms with van der Waals surface area (Å²) in [6.45, 7) is 2.52. The molecule has 1 aliphatic heterocycles. The molecule has 2 heterocycles. The van der Waals surface area contributed by atoms with Crippen LogP contribution in [-0.2, 0) is 4.79 Å². The predicted octanol–water partition coefficient (Wildman–Crippen LogP) is 1.06. The predicted molar refractivity (Wildman–Crippen MR) is 80.5 cm³/mol. The van der Waals surface area contributed by atoms with Crippen molar-refractivity contribution in [3.05, 3.63) is 35.6 Å². The van der Waals surface area contributed by atoms with Crippen molar-refractivity contribution in [3.8, 4) is 0 Å². The highest BCUT2D eigenvalue weighted by Gasteiger charge is 2.34. The van der Waals surface area contributed by atoms with Gasteiger partial charge in [-0.05, 0) is 25.5 Å². The number of carbonyl (C=O) groups is 2. The summed E-state index contributed by atoms with van der Waals surface area (Å²) in [5.74, 6) is 0.267. The van der Waals surface area contributed by atoms with Crippen LogP contribution in [0.3, 0.4) is 0 Å². The maximum Gasteiger partial charge on any atom is 0.258 e. The van der Waals surface area contributed by atoms with Crippen molar-refractivity contribution in [1.82, 2.24) is 10.2 Å². The second-order valence-corrected chi connectivity index (χ2v) is 5.40. The fourth-order valence-corrected chi connectivity index (χ4v) is 2.88. The molecule has 22 heavy (non-hydrogen) atoms. The van der Waals surface area contributed by atoms with E-state index in [4.69, 9.17) is 9.52 Å². The summed E-state index contributed by atoms with van der Waals surface area (Å²) in [6, 6.07) is 6.63. The molecule has 6 nitrogen and oxygen atoms in total. The Balaban J connectivity index is 1.98. The van der Waals surface area contributed by atoms with Crippen molar-refractivity contribution in [1.29, 1.82) is 0 Å². The van der Waals surface area contributed by atoms with Crippen LogP contribution in [0.15, 0.2) is 28.7 Å². The Bertz CT molecular complexity index is 722. The number of para-hydroxylation sites is 1. The van der Waals surface area contributed by atoms with Crippen LogP contribution in [0.5, 0.6) is 0 Å². The number of nitrogens with zero attached hydrogens (tertiary/aromatic N) is 1. The van der Waals surface area contributed by atoms with Crippen molar-refractivity contribution >= 4 is 22.8 Å². The molecule has 6 heteroatoms. The van der Waals surface area contributed by atoms with Crippen LogP contribution < -0.4 is 5.32 Å². The molecule has 0 spiro atoms. The zero-order valence-corrected chi connectivity index (χ0v) is 12.3. The van der Waals surface area contributed by atoms with Crippen molar-refractivity contribution in [2.24, 2.45) is 0 Å². The lowest BCUT2D eigenvalue weighted by Gasteiger charge is -2.34. The van der Waals surface area contributed by atoms with Gasteiger partial charge >= 0.3 is 0 Å². The molecule has 116 valence electrons. The molecule has 2 N–H and O–H groups in total. The van der Waals surface area contributed by atoms with E-state index in [-0.39, 0.29) is 24.8 Å². The highest BCUT2D eigenvalue weighted by atomic mass is 16.3. The fraction of sp³-hybridized carbons (Fsp3) is 0.375. The molecule has 2 amide bonds. The summed E-state index contributed by atoms with van der Waals surface area (Å²) < 4.78 is 5.64. The minimum absolute atomic E-state index is 0.147. The van der Waals surface area contributed by atoms with E-state index in [0.717, 1.165) is 11.1 Å². The number of aliphatic hydroxyl groups excluding tert-OH is 1. The molecule has 0 aliphatic carbocycles. The number of carbonyl (C=O) groups excluding carboxylic acids is 2. The zero-order valence-electron chi connectivity index (χ0n) is 12.3. The summed E-state index contributed by atoms with van der Waals surface area (Å²) in [7, 11) is 0. The van der Waals surface area contributed by atoms with Gasteiger partial charge in [-0.2, -0.15) is 0 Å². The largest absolute Gasteiger partial charge is 0.461 e. The van der Waals surface area contributed by atoms with E-state index in [2.05, 4.69) is 5.32 Å². The van der Waals surface area contributed by atoms with Crippen LogP contribution >= 0.6 is 0 Å². The Morgan fingerprint density at radius 1 is 1.50 bits per heavy atom. The van der Waals surface area contributed by atoms with E-state index in [0.29, 0.717) is 24.2 Å². The van der Waals surface area contributed by atoms with Crippen LogP contribution in [0, 0.1) is 6.92 Å². The van der Waals surface area contributed by atoms with Gasteiger partial charge < -0.3 is 19.7 Å². The Kier molecular flexibility index (Phi) is 3.85. The first-order chi connectivity index (χ1) is 10.6. The zero-order chi connectivity index (χ0) is 15.7. The maximum absolute atomic E-state index is 12.9. The SMILES string of the molecule is Cc1cc2cccc(C(=O)N3CCNC(=O)C3CCO)c2o1. The first-order valence-electron chi connectivity index (χ1n) is 7.30. The number of furan rings is 1. The second-order valence-electron chi connectivity index (χ2n) is 5.40. The van der Waals surface area contributed by atoms with Gasteiger partial charge in [-0.1, -0.05) is 12.1 Å². The Hall–Kier alpha value is -2.34. The molecule has 2 aromatic rings. The van der Waals surface area contributed by atoms with Crippen LogP contribution in [-0.4, -0.2) is 47.6 Å². The van der Waals surface area contributed by atoms with E-state index in [1.807, 2.05) is 19.1 Å². The van der Waals surface area contributed by atoms with Gasteiger partial charge in [-0.3, -0.25) is 9.59 Å². The van der Waals surface area contributed by atoms with Crippen LogP contribution in [0.2, 0.25) is 0 Å². The first-order valence-corrected chi connectivity index (χ1v) is 7.30. The van der Waals surface area contributed by atoms with Gasteiger partial charge in [0.25, 0.3) is 5.91 Å². The Morgan fingerprint density at radius 2 is 2.32 bits per heavy atom. The molecular weight excluding hydrogens is 284 g/mol. The summed E-state index contributed by atoms with van der Waals surface area (Å²) in [4.78, 5) is 26.3. The van der Waals surface area contributed by atoms with E-state index >= 15 is 0 Å². The number of rotatable bonds is 3. The summed E-state index contributed by atoms with van der Waals surface area (Å²) in [5.41, 5.74) is 0.988. The Morgan fingerprint density at radius 3 is 3.09 bits per heavy atom. The number of benzene rings is 1. The molecule has 3 rings (SSSR count). The quantitative estimate of drug-likeness (QED) is 0.888. The number of aliphatic hydroxyl groups is 1. The standard InChI is InChI=1S/C16H18N2O4/c1-10-9-11-3-2-4-12(14(11)22-10)16(21)18-7-6-17-15(20)13(18)5-8-19/h2-4,9,13,19H,5-8H2,1H3,(H,17,20). The molecule has 0 radical (unpaired) electrons. The second kappa shape index (κ2) is 5.81. The molecule has 1 saturated heterocycles. The maximum atomic E-state index is 12.9. The minimum atomic E-state index is -0.641. The van der Waals surface area contributed by atoms with Gasteiger partial charge in [0.2, 0.25) is 5.91 Å². The number of aryl methyl sites for hydroxylation is 1. The summed E-state index contributed by atoms with van der Waals surface area (Å²) in [5, 5.41) is 12.7. The number of nitrogens with one attached hydrogen (secondary N) is 1. The molecule has 1 atom stereocenters. The molecule has 1 unspecified atom stereocenters. The van der Waals surface area contributed by atoms with E-state index < -0.39 is 6.04 Å². The average molecular weight is 302 g/mol. The third kappa shape index (κ3) is 2.46. The van der Waals surface area contributed by atoms with Crippen LogP contribution in [0.25, 0.3) is 11.0 Å². The normalized spacial score (nSPS) is 18.5. The van der Waals surface area contributed by atoms with Crippen molar-refractivity contribution in [2.45, 2.75) is 19.4 Å². The highest BCUT2D eigenvalue weighted by molar-refractivity contribution is 6.06. The highest BCUT2D eigenvalue weighted by Crippen LogP contribution is 2.25. The van der Waals surface area contributed by atoms with Gasteiger partial charge in [-0.15, -0.1) is 0 Å². The number of hydrogen-bond donors (Lipinski definition) is 2. The fourth-order valence-electron chi connectivity index (χ4n) is 2.88. The molecule has 1 aromatic heterocycles. The molecule has 0 saturated carbocycles.